The van der Waals surface area contributed by atoms with E-state index in [1.54, 1.807) is 0 Å². The van der Waals surface area contributed by atoms with Gasteiger partial charge >= 0.3 is 0 Å². The Morgan fingerprint density at radius 1 is 1.50 bits per heavy atom. The fourth-order valence-electron chi connectivity index (χ4n) is 1.86. The van der Waals surface area contributed by atoms with Crippen LogP contribution in [0.25, 0.3) is 0 Å². The maximum atomic E-state index is 11.7. The van der Waals surface area contributed by atoms with E-state index in [4.69, 9.17) is 0 Å². The fourth-order valence-corrected chi connectivity index (χ4v) is 1.86. The molecule has 2 fully saturated rings. The summed E-state index contributed by atoms with van der Waals surface area (Å²) < 4.78 is 0. The van der Waals surface area contributed by atoms with Crippen LogP contribution in [-0.2, 0) is 4.79 Å². The number of rotatable bonds is 1. The maximum Gasteiger partial charge on any atom is 0.228 e. The van der Waals surface area contributed by atoms with E-state index in [-0.39, 0.29) is 5.92 Å². The second kappa shape index (κ2) is 3.05. The van der Waals surface area contributed by atoms with E-state index in [9.17, 15) is 4.79 Å². The molecule has 0 bridgehead atoms. The molecule has 1 amide bonds. The first-order chi connectivity index (χ1) is 5.77. The number of likely N-dealkylation sites (tertiary alicyclic amines) is 1. The molecule has 1 N–H and O–H groups in total. The largest absolute Gasteiger partial charge is 0.342 e. The van der Waals surface area contributed by atoms with Crippen LogP contribution in [0.15, 0.2) is 0 Å². The number of nitrogens with one attached hydrogen (secondary N) is 1. The molecule has 0 aromatic rings. The first-order valence-electron chi connectivity index (χ1n) is 4.77. The zero-order valence-electron chi connectivity index (χ0n) is 7.55. The monoisotopic (exact) mass is 168 g/mol. The standard InChI is InChI=1S/C9H16N2O/c1-7-2-3-11(6-7)9(12)8-4-10-5-8/h7-8,10H,2-6H2,1H3. The Bertz CT molecular complexity index is 189. The van der Waals surface area contributed by atoms with Gasteiger partial charge in [0.1, 0.15) is 0 Å². The van der Waals surface area contributed by atoms with Crippen LogP contribution >= 0.6 is 0 Å². The summed E-state index contributed by atoms with van der Waals surface area (Å²) >= 11 is 0. The lowest BCUT2D eigenvalue weighted by Gasteiger charge is -2.30. The molecule has 1 unspecified atom stereocenters. The Labute approximate surface area is 73.1 Å². The topological polar surface area (TPSA) is 32.3 Å². The number of amides is 1. The normalized spacial score (nSPS) is 30.4. The molecule has 68 valence electrons. The van der Waals surface area contributed by atoms with Crippen molar-refractivity contribution in [3.05, 3.63) is 0 Å². The summed E-state index contributed by atoms with van der Waals surface area (Å²) in [5.74, 6) is 1.37. The van der Waals surface area contributed by atoms with Crippen molar-refractivity contribution in [1.29, 1.82) is 0 Å². The van der Waals surface area contributed by atoms with Gasteiger partial charge in [-0.25, -0.2) is 0 Å². The predicted molar refractivity (Wildman–Crippen MR) is 46.7 cm³/mol. The van der Waals surface area contributed by atoms with Gasteiger partial charge in [-0.3, -0.25) is 4.79 Å². The molecule has 2 aliphatic rings. The summed E-state index contributed by atoms with van der Waals surface area (Å²) in [5.41, 5.74) is 0. The smallest absolute Gasteiger partial charge is 0.228 e. The zero-order valence-corrected chi connectivity index (χ0v) is 7.55. The van der Waals surface area contributed by atoms with Crippen molar-refractivity contribution in [2.75, 3.05) is 26.2 Å². The Morgan fingerprint density at radius 3 is 2.67 bits per heavy atom. The Balaban J connectivity index is 1.87. The van der Waals surface area contributed by atoms with E-state index in [1.807, 2.05) is 4.90 Å². The Hall–Kier alpha value is -0.570. The molecular weight excluding hydrogens is 152 g/mol. The molecule has 0 saturated carbocycles. The molecule has 2 heterocycles. The predicted octanol–water partition coefficient (Wildman–Crippen LogP) is 0.0742. The highest BCUT2D eigenvalue weighted by Crippen LogP contribution is 2.18. The lowest BCUT2D eigenvalue weighted by molar-refractivity contribution is -0.136. The van der Waals surface area contributed by atoms with Gasteiger partial charge in [-0.2, -0.15) is 0 Å². The van der Waals surface area contributed by atoms with Gasteiger partial charge in [0, 0.05) is 26.2 Å². The highest BCUT2D eigenvalue weighted by atomic mass is 16.2. The molecule has 0 aromatic carbocycles. The highest BCUT2D eigenvalue weighted by molar-refractivity contribution is 5.80. The van der Waals surface area contributed by atoms with Crippen molar-refractivity contribution >= 4 is 5.91 Å². The Morgan fingerprint density at radius 2 is 2.25 bits per heavy atom. The van der Waals surface area contributed by atoms with E-state index in [2.05, 4.69) is 12.2 Å². The average Bonchev–Trinajstić information content (AvgIpc) is 2.31. The molecule has 0 spiro atoms. The summed E-state index contributed by atoms with van der Waals surface area (Å²) in [6.45, 7) is 5.96. The van der Waals surface area contributed by atoms with E-state index in [1.165, 1.54) is 6.42 Å². The Kier molecular flexibility index (Phi) is 2.05. The molecular formula is C9H16N2O. The molecule has 12 heavy (non-hydrogen) atoms. The van der Waals surface area contributed by atoms with Gasteiger partial charge in [0.05, 0.1) is 5.92 Å². The van der Waals surface area contributed by atoms with Crippen LogP contribution in [0.5, 0.6) is 0 Å². The van der Waals surface area contributed by atoms with Gasteiger partial charge < -0.3 is 10.2 Å². The van der Waals surface area contributed by atoms with E-state index in [0.717, 1.165) is 26.2 Å². The number of carbonyl (C=O) groups is 1. The SMILES string of the molecule is CC1CCN(C(=O)C2CNC2)C1. The first kappa shape index (κ1) is 8.05. The zero-order chi connectivity index (χ0) is 8.55. The molecule has 0 aliphatic carbocycles. The van der Waals surface area contributed by atoms with Crippen molar-refractivity contribution < 1.29 is 4.79 Å². The molecule has 1 atom stereocenters. The molecule has 3 heteroatoms. The summed E-state index contributed by atoms with van der Waals surface area (Å²) in [7, 11) is 0. The third kappa shape index (κ3) is 1.33. The number of hydrogen-bond acceptors (Lipinski definition) is 2. The molecule has 2 rings (SSSR count). The molecule has 0 aromatic heterocycles. The van der Waals surface area contributed by atoms with Gasteiger partial charge in [0.15, 0.2) is 0 Å². The second-order valence-corrected chi connectivity index (χ2v) is 4.03. The summed E-state index contributed by atoms with van der Waals surface area (Å²) in [6, 6.07) is 0. The molecule has 2 aliphatic heterocycles. The average molecular weight is 168 g/mol. The van der Waals surface area contributed by atoms with Crippen LogP contribution in [0.1, 0.15) is 13.3 Å². The summed E-state index contributed by atoms with van der Waals surface area (Å²) in [4.78, 5) is 13.7. The highest BCUT2D eigenvalue weighted by Gasteiger charge is 2.32. The van der Waals surface area contributed by atoms with Crippen LogP contribution in [0.4, 0.5) is 0 Å². The summed E-state index contributed by atoms with van der Waals surface area (Å²) in [5, 5.41) is 3.13. The number of carbonyl (C=O) groups excluding carboxylic acids is 1. The van der Waals surface area contributed by atoms with Crippen LogP contribution < -0.4 is 5.32 Å². The van der Waals surface area contributed by atoms with Gasteiger partial charge in [0.25, 0.3) is 0 Å². The van der Waals surface area contributed by atoms with Crippen molar-refractivity contribution in [3.63, 3.8) is 0 Å². The van der Waals surface area contributed by atoms with Crippen LogP contribution in [0.2, 0.25) is 0 Å². The fraction of sp³-hybridized carbons (Fsp3) is 0.889. The quantitative estimate of drug-likeness (QED) is 0.601. The molecule has 3 nitrogen and oxygen atoms in total. The minimum atomic E-state index is 0.287. The molecule has 0 radical (unpaired) electrons. The van der Waals surface area contributed by atoms with Gasteiger partial charge in [-0.1, -0.05) is 6.92 Å². The van der Waals surface area contributed by atoms with Gasteiger partial charge in [0.2, 0.25) is 5.91 Å². The van der Waals surface area contributed by atoms with Crippen LogP contribution in [0, 0.1) is 11.8 Å². The van der Waals surface area contributed by atoms with Gasteiger partial charge in [-0.05, 0) is 12.3 Å². The first-order valence-corrected chi connectivity index (χ1v) is 4.77. The third-order valence-corrected chi connectivity index (χ3v) is 2.87. The lowest BCUT2D eigenvalue weighted by atomic mass is 10.0. The molecule has 2 saturated heterocycles. The van der Waals surface area contributed by atoms with Crippen LogP contribution in [0.3, 0.4) is 0 Å². The van der Waals surface area contributed by atoms with Crippen molar-refractivity contribution in [2.24, 2.45) is 11.8 Å². The number of hydrogen-bond donors (Lipinski definition) is 1. The van der Waals surface area contributed by atoms with Crippen molar-refractivity contribution in [2.45, 2.75) is 13.3 Å². The van der Waals surface area contributed by atoms with Gasteiger partial charge in [-0.15, -0.1) is 0 Å². The second-order valence-electron chi connectivity index (χ2n) is 4.03. The third-order valence-electron chi connectivity index (χ3n) is 2.87. The minimum Gasteiger partial charge on any atom is -0.342 e. The lowest BCUT2D eigenvalue weighted by Crippen LogP contribution is -2.51. The minimum absolute atomic E-state index is 0.287. The van der Waals surface area contributed by atoms with E-state index in [0.29, 0.717) is 11.8 Å². The maximum absolute atomic E-state index is 11.7. The summed E-state index contributed by atoms with van der Waals surface area (Å²) in [6.07, 6.45) is 1.19. The number of nitrogens with zero attached hydrogens (tertiary/aromatic N) is 1. The van der Waals surface area contributed by atoms with E-state index < -0.39 is 0 Å². The van der Waals surface area contributed by atoms with Crippen molar-refractivity contribution in [3.8, 4) is 0 Å². The van der Waals surface area contributed by atoms with E-state index >= 15 is 0 Å². The van der Waals surface area contributed by atoms with Crippen molar-refractivity contribution in [1.82, 2.24) is 10.2 Å². The van der Waals surface area contributed by atoms with Crippen LogP contribution in [-0.4, -0.2) is 37.0 Å².